The summed E-state index contributed by atoms with van der Waals surface area (Å²) in [5.41, 5.74) is 5.42. The van der Waals surface area contributed by atoms with Crippen LogP contribution in [0.5, 0.6) is 5.75 Å². The smallest absolute Gasteiger partial charge is 0.255 e. The molecule has 110 valence electrons. The summed E-state index contributed by atoms with van der Waals surface area (Å²) in [5.74, 6) is -0.357. The number of rotatable bonds is 8. The summed E-state index contributed by atoms with van der Waals surface area (Å²) < 4.78 is 5.09. The molecule has 20 heavy (non-hydrogen) atoms. The number of primary amides is 1. The number of amides is 2. The van der Waals surface area contributed by atoms with Gasteiger partial charge in [0, 0.05) is 12.1 Å². The number of carbonyl (C=O) groups excluding carboxylic acids is 2. The van der Waals surface area contributed by atoms with E-state index in [1.54, 1.807) is 24.3 Å². The third-order valence-corrected chi connectivity index (χ3v) is 2.62. The number of aliphatic hydroxyl groups is 1. The van der Waals surface area contributed by atoms with Gasteiger partial charge in [0.25, 0.3) is 11.8 Å². The van der Waals surface area contributed by atoms with E-state index in [0.29, 0.717) is 17.7 Å². The van der Waals surface area contributed by atoms with E-state index >= 15 is 0 Å². The van der Waals surface area contributed by atoms with Gasteiger partial charge in [-0.05, 0) is 30.7 Å². The van der Waals surface area contributed by atoms with Crippen molar-refractivity contribution >= 4 is 11.8 Å². The van der Waals surface area contributed by atoms with Crippen molar-refractivity contribution < 1.29 is 19.4 Å². The van der Waals surface area contributed by atoms with Gasteiger partial charge in [0.2, 0.25) is 0 Å². The normalized spacial score (nSPS) is 11.7. The van der Waals surface area contributed by atoms with Gasteiger partial charge in [0.05, 0.1) is 6.10 Å². The molecular formula is C14H20N2O4. The minimum atomic E-state index is -0.559. The summed E-state index contributed by atoms with van der Waals surface area (Å²) in [5, 5.41) is 12.2. The Bertz CT molecular complexity index is 445. The van der Waals surface area contributed by atoms with Gasteiger partial charge in [-0.15, -0.1) is 0 Å². The molecule has 0 aromatic heterocycles. The van der Waals surface area contributed by atoms with E-state index in [4.69, 9.17) is 10.5 Å². The molecular weight excluding hydrogens is 260 g/mol. The molecule has 6 heteroatoms. The first-order valence-corrected chi connectivity index (χ1v) is 6.50. The lowest BCUT2D eigenvalue weighted by Gasteiger charge is -2.11. The van der Waals surface area contributed by atoms with Crippen molar-refractivity contribution in [1.82, 2.24) is 5.32 Å². The SMILES string of the molecule is CCCC(O)CNC(=O)c1ccc(OCC(N)=O)cc1. The van der Waals surface area contributed by atoms with Gasteiger partial charge in [-0.2, -0.15) is 0 Å². The Morgan fingerprint density at radius 2 is 2.00 bits per heavy atom. The average Bonchev–Trinajstić information content (AvgIpc) is 2.43. The summed E-state index contributed by atoms with van der Waals surface area (Å²) >= 11 is 0. The van der Waals surface area contributed by atoms with E-state index in [-0.39, 0.29) is 19.1 Å². The number of benzene rings is 1. The lowest BCUT2D eigenvalue weighted by Crippen LogP contribution is -2.31. The van der Waals surface area contributed by atoms with Crippen LogP contribution in [0, 0.1) is 0 Å². The summed E-state index contributed by atoms with van der Waals surface area (Å²) in [4.78, 5) is 22.4. The van der Waals surface area contributed by atoms with Crippen LogP contribution in [0.25, 0.3) is 0 Å². The molecule has 0 fully saturated rings. The fourth-order valence-electron chi connectivity index (χ4n) is 1.60. The monoisotopic (exact) mass is 280 g/mol. The first-order valence-electron chi connectivity index (χ1n) is 6.50. The molecule has 0 aliphatic rings. The molecule has 1 atom stereocenters. The lowest BCUT2D eigenvalue weighted by molar-refractivity contribution is -0.119. The van der Waals surface area contributed by atoms with E-state index in [1.807, 2.05) is 6.92 Å². The van der Waals surface area contributed by atoms with Crippen LogP contribution in [0.4, 0.5) is 0 Å². The van der Waals surface area contributed by atoms with Gasteiger partial charge in [-0.3, -0.25) is 9.59 Å². The van der Waals surface area contributed by atoms with E-state index in [0.717, 1.165) is 6.42 Å². The standard InChI is InChI=1S/C14H20N2O4/c1-2-3-11(17)8-16-14(19)10-4-6-12(7-5-10)20-9-13(15)18/h4-7,11,17H,2-3,8-9H2,1H3,(H2,15,18)(H,16,19). The van der Waals surface area contributed by atoms with Gasteiger partial charge in [-0.25, -0.2) is 0 Å². The molecule has 1 aromatic carbocycles. The predicted molar refractivity (Wildman–Crippen MR) is 74.4 cm³/mol. The first kappa shape index (κ1) is 16.0. The molecule has 0 aliphatic carbocycles. The summed E-state index contributed by atoms with van der Waals surface area (Å²) in [6.07, 6.45) is 0.991. The van der Waals surface area contributed by atoms with Crippen LogP contribution >= 0.6 is 0 Å². The molecule has 1 aromatic rings. The van der Waals surface area contributed by atoms with Crippen molar-refractivity contribution in [1.29, 1.82) is 0 Å². The highest BCUT2D eigenvalue weighted by Crippen LogP contribution is 2.12. The number of carbonyl (C=O) groups is 2. The van der Waals surface area contributed by atoms with E-state index < -0.39 is 12.0 Å². The van der Waals surface area contributed by atoms with Gasteiger partial charge in [0.15, 0.2) is 6.61 Å². The van der Waals surface area contributed by atoms with Crippen LogP contribution in [-0.4, -0.2) is 36.2 Å². The van der Waals surface area contributed by atoms with E-state index in [2.05, 4.69) is 5.32 Å². The Kier molecular flexibility index (Phi) is 6.52. The molecule has 0 spiro atoms. The Balaban J connectivity index is 2.46. The van der Waals surface area contributed by atoms with E-state index in [1.165, 1.54) is 0 Å². The second-order valence-corrected chi connectivity index (χ2v) is 4.43. The number of hydrogen-bond acceptors (Lipinski definition) is 4. The molecule has 0 aliphatic heterocycles. The first-order chi connectivity index (χ1) is 9.52. The third kappa shape index (κ3) is 5.71. The maximum absolute atomic E-state index is 11.8. The van der Waals surface area contributed by atoms with Crippen molar-refractivity contribution in [3.05, 3.63) is 29.8 Å². The summed E-state index contributed by atoms with van der Waals surface area (Å²) in [6, 6.07) is 6.33. The topological polar surface area (TPSA) is 102 Å². The largest absolute Gasteiger partial charge is 0.484 e. The van der Waals surface area contributed by atoms with Crippen LogP contribution in [0.15, 0.2) is 24.3 Å². The van der Waals surface area contributed by atoms with E-state index in [9.17, 15) is 14.7 Å². The van der Waals surface area contributed by atoms with Gasteiger partial charge in [-0.1, -0.05) is 13.3 Å². The van der Waals surface area contributed by atoms with Crippen LogP contribution in [0.1, 0.15) is 30.1 Å². The Morgan fingerprint density at radius 3 is 2.55 bits per heavy atom. The number of nitrogens with two attached hydrogens (primary N) is 1. The molecule has 1 rings (SSSR count). The summed E-state index contributed by atoms with van der Waals surface area (Å²) in [7, 11) is 0. The fraction of sp³-hybridized carbons (Fsp3) is 0.429. The quantitative estimate of drug-likeness (QED) is 0.643. The second kappa shape index (κ2) is 8.16. The number of aliphatic hydroxyl groups excluding tert-OH is 1. The zero-order valence-electron chi connectivity index (χ0n) is 11.5. The molecule has 4 N–H and O–H groups in total. The minimum Gasteiger partial charge on any atom is -0.484 e. The Hall–Kier alpha value is -2.08. The van der Waals surface area contributed by atoms with Crippen molar-refractivity contribution in [2.75, 3.05) is 13.2 Å². The van der Waals surface area contributed by atoms with Crippen LogP contribution in [-0.2, 0) is 4.79 Å². The average molecular weight is 280 g/mol. The maximum atomic E-state index is 11.8. The highest BCUT2D eigenvalue weighted by Gasteiger charge is 2.08. The molecule has 0 bridgehead atoms. The zero-order chi connectivity index (χ0) is 15.0. The molecule has 0 heterocycles. The van der Waals surface area contributed by atoms with Crippen LogP contribution in [0.3, 0.4) is 0 Å². The predicted octanol–water partition coefficient (Wildman–Crippen LogP) is 0.442. The molecule has 1 unspecified atom stereocenters. The molecule has 0 radical (unpaired) electrons. The van der Waals surface area contributed by atoms with Crippen molar-refractivity contribution in [2.24, 2.45) is 5.73 Å². The lowest BCUT2D eigenvalue weighted by atomic mass is 10.2. The van der Waals surface area contributed by atoms with Crippen LogP contribution in [0.2, 0.25) is 0 Å². The summed E-state index contributed by atoms with van der Waals surface area (Å²) in [6.45, 7) is 2.00. The van der Waals surface area contributed by atoms with Crippen molar-refractivity contribution in [2.45, 2.75) is 25.9 Å². The van der Waals surface area contributed by atoms with Gasteiger partial charge < -0.3 is 20.9 Å². The van der Waals surface area contributed by atoms with Gasteiger partial charge in [0.1, 0.15) is 5.75 Å². The van der Waals surface area contributed by atoms with Crippen LogP contribution < -0.4 is 15.8 Å². The Labute approximate surface area is 117 Å². The third-order valence-electron chi connectivity index (χ3n) is 2.62. The number of nitrogens with one attached hydrogen (secondary N) is 1. The molecule has 6 nitrogen and oxygen atoms in total. The minimum absolute atomic E-state index is 0.200. The van der Waals surface area contributed by atoms with Crippen molar-refractivity contribution in [3.8, 4) is 5.75 Å². The maximum Gasteiger partial charge on any atom is 0.255 e. The number of hydrogen-bond donors (Lipinski definition) is 3. The fourth-order valence-corrected chi connectivity index (χ4v) is 1.60. The zero-order valence-corrected chi connectivity index (χ0v) is 11.5. The Morgan fingerprint density at radius 1 is 1.35 bits per heavy atom. The second-order valence-electron chi connectivity index (χ2n) is 4.43. The highest BCUT2D eigenvalue weighted by atomic mass is 16.5. The molecule has 0 saturated carbocycles. The highest BCUT2D eigenvalue weighted by molar-refractivity contribution is 5.94. The number of ether oxygens (including phenoxy) is 1. The van der Waals surface area contributed by atoms with Crippen molar-refractivity contribution in [3.63, 3.8) is 0 Å². The molecule has 0 saturated heterocycles. The van der Waals surface area contributed by atoms with Gasteiger partial charge >= 0.3 is 0 Å². The molecule has 2 amide bonds.